The molecule has 0 fully saturated rings. The van der Waals surface area contributed by atoms with Gasteiger partial charge >= 0.3 is 0 Å². The molecule has 0 spiro atoms. The number of carbonyl (C=O) groups excluding carboxylic acids is 2. The summed E-state index contributed by atoms with van der Waals surface area (Å²) in [6, 6.07) is 0. The van der Waals surface area contributed by atoms with Gasteiger partial charge in [-0.2, -0.15) is 4.94 Å². The summed E-state index contributed by atoms with van der Waals surface area (Å²) in [5, 5.41) is 26.5. The second kappa shape index (κ2) is 14.0. The second-order valence-corrected chi connectivity index (χ2v) is 4.12. The summed E-state index contributed by atoms with van der Waals surface area (Å²) in [5.41, 5.74) is 0. The molecule has 0 bridgehead atoms. The summed E-state index contributed by atoms with van der Waals surface area (Å²) in [5.74, 6) is 0.0760. The van der Waals surface area contributed by atoms with Gasteiger partial charge in [-0.1, -0.05) is 0 Å². The van der Waals surface area contributed by atoms with Crippen LogP contribution in [0.15, 0.2) is 0 Å². The van der Waals surface area contributed by atoms with E-state index in [1.165, 1.54) is 21.0 Å². The maximum Gasteiger partial charge on any atom is 0.209 e. The van der Waals surface area contributed by atoms with Crippen LogP contribution < -0.4 is 0 Å². The molecule has 126 valence electrons. The molecule has 21 heavy (non-hydrogen) atoms. The Morgan fingerprint density at radius 2 is 1.90 bits per heavy atom. The fourth-order valence-corrected chi connectivity index (χ4v) is 1.04. The summed E-state index contributed by atoms with van der Waals surface area (Å²) < 4.78 is 20.9. The Hall–Kier alpha value is -0.970. The van der Waals surface area contributed by atoms with Crippen LogP contribution >= 0.6 is 0 Å². The summed E-state index contributed by atoms with van der Waals surface area (Å²) in [4.78, 5) is 22.9. The van der Waals surface area contributed by atoms with Crippen LogP contribution in [0.4, 0.5) is 4.53 Å². The molecule has 0 amide bonds. The standard InChI is InChI=1S/C7H15FO6.C5H8O2/c1-4(9)5(3-13-8)14-7(12-2)6(10)11;1-5(7)3-2-4-6/h4-7,9-11H,3H2,1-2H3;4H,2-3H2,1H3. The maximum atomic E-state index is 11.5. The molecule has 0 aliphatic rings. The minimum absolute atomic E-state index is 0.0760. The number of ketones is 1. The average molecular weight is 314 g/mol. The summed E-state index contributed by atoms with van der Waals surface area (Å²) in [6.07, 6.45) is -3.78. The fraction of sp³-hybridized carbons (Fsp3) is 0.833. The Morgan fingerprint density at radius 1 is 1.33 bits per heavy atom. The van der Waals surface area contributed by atoms with Crippen molar-refractivity contribution >= 4 is 12.1 Å². The Morgan fingerprint density at radius 3 is 2.14 bits per heavy atom. The molecule has 0 saturated heterocycles. The lowest BCUT2D eigenvalue weighted by molar-refractivity contribution is -0.285. The molecule has 0 radical (unpaired) electrons. The van der Waals surface area contributed by atoms with Crippen molar-refractivity contribution in [2.45, 2.75) is 51.5 Å². The van der Waals surface area contributed by atoms with Crippen LogP contribution in [0.1, 0.15) is 26.7 Å². The van der Waals surface area contributed by atoms with Gasteiger partial charge in [-0.05, 0) is 18.4 Å². The van der Waals surface area contributed by atoms with Gasteiger partial charge in [-0.25, -0.2) is 0 Å². The molecule has 3 unspecified atom stereocenters. The topological polar surface area (TPSA) is 123 Å². The first-order valence-electron chi connectivity index (χ1n) is 6.19. The van der Waals surface area contributed by atoms with Crippen LogP contribution in [0.2, 0.25) is 0 Å². The van der Waals surface area contributed by atoms with E-state index in [1.54, 1.807) is 0 Å². The Labute approximate surface area is 122 Å². The van der Waals surface area contributed by atoms with Crippen molar-refractivity contribution < 1.29 is 43.8 Å². The molecule has 0 aromatic heterocycles. The van der Waals surface area contributed by atoms with E-state index in [1.807, 2.05) is 0 Å². The molecule has 0 saturated carbocycles. The molecule has 0 aliphatic heterocycles. The second-order valence-electron chi connectivity index (χ2n) is 4.12. The number of hydrogen-bond donors (Lipinski definition) is 3. The normalized spacial score (nSPS) is 14.9. The number of carbonyl (C=O) groups is 2. The molecule has 3 atom stereocenters. The number of methoxy groups -OCH3 is 1. The summed E-state index contributed by atoms with van der Waals surface area (Å²) in [7, 11) is 1.18. The predicted octanol–water partition coefficient (Wildman–Crippen LogP) is -0.509. The lowest BCUT2D eigenvalue weighted by atomic mass is 10.2. The van der Waals surface area contributed by atoms with E-state index >= 15 is 0 Å². The minimum atomic E-state index is -1.87. The third kappa shape index (κ3) is 13.8. The van der Waals surface area contributed by atoms with Gasteiger partial charge in [0.25, 0.3) is 0 Å². The zero-order chi connectivity index (χ0) is 16.8. The van der Waals surface area contributed by atoms with Gasteiger partial charge in [0.05, 0.1) is 6.10 Å². The largest absolute Gasteiger partial charge is 0.391 e. The van der Waals surface area contributed by atoms with Crippen LogP contribution in [0.5, 0.6) is 0 Å². The van der Waals surface area contributed by atoms with E-state index in [0.717, 1.165) is 6.29 Å². The molecule has 0 aliphatic carbocycles. The predicted molar refractivity (Wildman–Crippen MR) is 68.6 cm³/mol. The Balaban J connectivity index is 0. The van der Waals surface area contributed by atoms with Gasteiger partial charge in [0.1, 0.15) is 24.8 Å². The average Bonchev–Trinajstić information content (AvgIpc) is 2.41. The number of aliphatic hydroxyl groups excluding tert-OH is 2. The van der Waals surface area contributed by atoms with Crippen molar-refractivity contribution in [2.75, 3.05) is 13.7 Å². The monoisotopic (exact) mass is 314 g/mol. The fourth-order valence-electron chi connectivity index (χ4n) is 1.04. The van der Waals surface area contributed by atoms with Gasteiger partial charge in [-0.3, -0.25) is 0 Å². The van der Waals surface area contributed by atoms with Crippen LogP contribution in [0.25, 0.3) is 0 Å². The quantitative estimate of drug-likeness (QED) is 0.364. The van der Waals surface area contributed by atoms with Crippen molar-refractivity contribution in [1.29, 1.82) is 0 Å². The number of aldehydes is 1. The molecular formula is C12H23FO8. The highest BCUT2D eigenvalue weighted by atomic mass is 19.3. The van der Waals surface area contributed by atoms with Crippen LogP contribution in [0, 0.1) is 0 Å². The smallest absolute Gasteiger partial charge is 0.209 e. The van der Waals surface area contributed by atoms with Gasteiger partial charge in [0.2, 0.25) is 12.6 Å². The first-order chi connectivity index (χ1) is 9.79. The molecule has 8 nitrogen and oxygen atoms in total. The van der Waals surface area contributed by atoms with Crippen molar-refractivity contribution in [3.05, 3.63) is 0 Å². The lowest BCUT2D eigenvalue weighted by Gasteiger charge is -2.25. The van der Waals surface area contributed by atoms with Crippen LogP contribution in [0.3, 0.4) is 0 Å². The molecule has 0 aromatic rings. The molecule has 0 rings (SSSR count). The van der Waals surface area contributed by atoms with Crippen molar-refractivity contribution in [3.8, 4) is 0 Å². The van der Waals surface area contributed by atoms with E-state index in [-0.39, 0.29) is 5.78 Å². The van der Waals surface area contributed by atoms with E-state index in [4.69, 9.17) is 20.1 Å². The SMILES string of the molecule is CC(=O)CCC=O.COC(OC(COF)C(C)O)C(O)O. The van der Waals surface area contributed by atoms with E-state index < -0.39 is 31.4 Å². The summed E-state index contributed by atoms with van der Waals surface area (Å²) >= 11 is 0. The van der Waals surface area contributed by atoms with E-state index in [0.29, 0.717) is 12.8 Å². The molecule has 0 aromatic carbocycles. The Kier molecular flexibility index (Phi) is 14.9. The third-order valence-corrected chi connectivity index (χ3v) is 2.16. The highest BCUT2D eigenvalue weighted by Crippen LogP contribution is 2.07. The summed E-state index contributed by atoms with van der Waals surface area (Å²) in [6.45, 7) is 2.30. The van der Waals surface area contributed by atoms with Gasteiger partial charge in [0, 0.05) is 20.0 Å². The molecule has 0 heterocycles. The van der Waals surface area contributed by atoms with Crippen LogP contribution in [-0.2, 0) is 24.0 Å². The van der Waals surface area contributed by atoms with Crippen LogP contribution in [-0.4, -0.2) is 65.9 Å². The minimum Gasteiger partial charge on any atom is -0.391 e. The van der Waals surface area contributed by atoms with Crippen molar-refractivity contribution in [3.63, 3.8) is 0 Å². The highest BCUT2D eigenvalue weighted by Gasteiger charge is 2.25. The molecule has 3 N–H and O–H groups in total. The maximum absolute atomic E-state index is 11.5. The number of halogens is 1. The van der Waals surface area contributed by atoms with Gasteiger partial charge < -0.3 is 34.4 Å². The van der Waals surface area contributed by atoms with E-state index in [2.05, 4.69) is 9.68 Å². The lowest BCUT2D eigenvalue weighted by Crippen LogP contribution is -2.40. The van der Waals surface area contributed by atoms with Crippen molar-refractivity contribution in [1.82, 2.24) is 0 Å². The van der Waals surface area contributed by atoms with E-state index in [9.17, 15) is 14.1 Å². The molecule has 9 heteroatoms. The zero-order valence-corrected chi connectivity index (χ0v) is 12.3. The van der Waals surface area contributed by atoms with Gasteiger partial charge in [0.15, 0.2) is 0 Å². The number of Topliss-reactive ketones (excluding diaryl/α,β-unsaturated/α-hetero) is 1. The molecular weight excluding hydrogens is 291 g/mol. The first kappa shape index (κ1) is 22.3. The number of ether oxygens (including phenoxy) is 2. The number of rotatable bonds is 10. The first-order valence-corrected chi connectivity index (χ1v) is 6.19. The van der Waals surface area contributed by atoms with Crippen molar-refractivity contribution in [2.24, 2.45) is 0 Å². The third-order valence-electron chi connectivity index (χ3n) is 2.16. The van der Waals surface area contributed by atoms with Gasteiger partial charge in [-0.15, -0.1) is 0 Å². The zero-order valence-electron chi connectivity index (χ0n) is 12.3. The number of aliphatic hydroxyl groups is 3. The number of hydrogen-bond acceptors (Lipinski definition) is 8. The highest BCUT2D eigenvalue weighted by molar-refractivity contribution is 5.77. The Bertz CT molecular complexity index is 272.